The van der Waals surface area contributed by atoms with Crippen molar-refractivity contribution in [3.05, 3.63) is 54.3 Å². The maximum absolute atomic E-state index is 13.9. The Labute approximate surface area is 130 Å². The summed E-state index contributed by atoms with van der Waals surface area (Å²) in [5.74, 6) is 0.401. The number of hydrogen-bond donors (Lipinski definition) is 1. The third-order valence-electron chi connectivity index (χ3n) is 4.71. The predicted molar refractivity (Wildman–Crippen MR) is 85.4 cm³/mol. The average Bonchev–Trinajstić information content (AvgIpc) is 2.86. The van der Waals surface area contributed by atoms with E-state index in [9.17, 15) is 4.39 Å². The first-order valence-electron chi connectivity index (χ1n) is 8.05. The van der Waals surface area contributed by atoms with E-state index in [1.54, 1.807) is 6.07 Å². The lowest BCUT2D eigenvalue weighted by molar-refractivity contribution is 0.137. The molecule has 0 aromatic heterocycles. The minimum absolute atomic E-state index is 0.198. The van der Waals surface area contributed by atoms with Gasteiger partial charge in [-0.15, -0.1) is 0 Å². The summed E-state index contributed by atoms with van der Waals surface area (Å²) in [6, 6.07) is 16.0. The van der Waals surface area contributed by atoms with Gasteiger partial charge in [0.05, 0.1) is 0 Å². The summed E-state index contributed by atoms with van der Waals surface area (Å²) in [4.78, 5) is 0. The molecule has 22 heavy (non-hydrogen) atoms. The van der Waals surface area contributed by atoms with Crippen LogP contribution in [0.4, 0.5) is 4.39 Å². The molecule has 2 aliphatic rings. The molecule has 2 heterocycles. The molecule has 0 saturated carbocycles. The maximum Gasteiger partial charge on any atom is 0.127 e. The first kappa shape index (κ1) is 13.8. The fourth-order valence-corrected chi connectivity index (χ4v) is 3.72. The van der Waals surface area contributed by atoms with E-state index in [1.165, 1.54) is 18.9 Å². The van der Waals surface area contributed by atoms with Gasteiger partial charge in [-0.1, -0.05) is 30.3 Å². The molecule has 0 aliphatic carbocycles. The van der Waals surface area contributed by atoms with E-state index in [0.717, 1.165) is 24.0 Å². The van der Waals surface area contributed by atoms with Crippen molar-refractivity contribution in [2.75, 3.05) is 0 Å². The third-order valence-corrected chi connectivity index (χ3v) is 4.71. The molecule has 2 fully saturated rings. The molecule has 2 nitrogen and oxygen atoms in total. The largest absolute Gasteiger partial charge is 0.490 e. The Morgan fingerprint density at radius 1 is 0.909 bits per heavy atom. The summed E-state index contributed by atoms with van der Waals surface area (Å²) in [6.07, 6.45) is 4.72. The number of halogens is 1. The van der Waals surface area contributed by atoms with E-state index in [0.29, 0.717) is 17.8 Å². The molecule has 1 unspecified atom stereocenters. The van der Waals surface area contributed by atoms with Crippen LogP contribution in [0.25, 0.3) is 11.1 Å². The van der Waals surface area contributed by atoms with E-state index in [2.05, 4.69) is 5.32 Å². The van der Waals surface area contributed by atoms with Crippen molar-refractivity contribution in [2.24, 2.45) is 0 Å². The van der Waals surface area contributed by atoms with E-state index in [1.807, 2.05) is 36.4 Å². The molecular weight excluding hydrogens is 277 g/mol. The Morgan fingerprint density at radius 2 is 1.64 bits per heavy atom. The smallest absolute Gasteiger partial charge is 0.127 e. The zero-order chi connectivity index (χ0) is 14.9. The summed E-state index contributed by atoms with van der Waals surface area (Å²) in [5, 5.41) is 3.60. The normalized spacial score (nSPS) is 26.9. The Morgan fingerprint density at radius 3 is 2.36 bits per heavy atom. The van der Waals surface area contributed by atoms with Crippen LogP contribution >= 0.6 is 0 Å². The number of piperidine rings is 1. The van der Waals surface area contributed by atoms with Gasteiger partial charge in [-0.25, -0.2) is 4.39 Å². The van der Waals surface area contributed by atoms with Gasteiger partial charge >= 0.3 is 0 Å². The average molecular weight is 297 g/mol. The zero-order valence-electron chi connectivity index (χ0n) is 12.5. The van der Waals surface area contributed by atoms with E-state index in [4.69, 9.17) is 4.74 Å². The molecule has 114 valence electrons. The van der Waals surface area contributed by atoms with Gasteiger partial charge < -0.3 is 10.1 Å². The number of hydrogen-bond acceptors (Lipinski definition) is 2. The topological polar surface area (TPSA) is 21.3 Å². The monoisotopic (exact) mass is 297 g/mol. The van der Waals surface area contributed by atoms with E-state index in [-0.39, 0.29) is 11.9 Å². The van der Waals surface area contributed by atoms with Crippen LogP contribution in [0.3, 0.4) is 0 Å². The molecule has 0 radical (unpaired) electrons. The second-order valence-corrected chi connectivity index (χ2v) is 6.39. The SMILES string of the molecule is Fc1cc(OC2C[C@H]3CC[C@@H](C2)N3)cc(-c2ccccc2)c1. The highest BCUT2D eigenvalue weighted by Crippen LogP contribution is 2.31. The van der Waals surface area contributed by atoms with Gasteiger partial charge in [0.2, 0.25) is 0 Å². The van der Waals surface area contributed by atoms with Crippen LogP contribution in [-0.4, -0.2) is 18.2 Å². The van der Waals surface area contributed by atoms with Crippen LogP contribution in [-0.2, 0) is 0 Å². The van der Waals surface area contributed by atoms with Crippen LogP contribution in [0.5, 0.6) is 5.75 Å². The van der Waals surface area contributed by atoms with Crippen LogP contribution in [0, 0.1) is 5.82 Å². The van der Waals surface area contributed by atoms with Crippen LogP contribution in [0.15, 0.2) is 48.5 Å². The van der Waals surface area contributed by atoms with Crippen LogP contribution in [0.1, 0.15) is 25.7 Å². The number of nitrogens with one attached hydrogen (secondary N) is 1. The molecule has 0 spiro atoms. The number of ether oxygens (including phenoxy) is 1. The standard InChI is InChI=1S/C19H20FNO/c20-15-8-14(13-4-2-1-3-5-13)9-18(10-15)22-19-11-16-6-7-17(12-19)21-16/h1-5,8-10,16-17,19,21H,6-7,11-12H2/t16-,17+,19?. The van der Waals surface area contributed by atoms with E-state index < -0.39 is 0 Å². The third kappa shape index (κ3) is 2.86. The van der Waals surface area contributed by atoms with Crippen LogP contribution < -0.4 is 10.1 Å². The fraction of sp³-hybridized carbons (Fsp3) is 0.368. The molecule has 2 aromatic rings. The number of fused-ring (bicyclic) bond motifs is 2. The van der Waals surface area contributed by atoms with Gasteiger partial charge in [0.15, 0.2) is 0 Å². The second-order valence-electron chi connectivity index (χ2n) is 6.39. The Bertz CT molecular complexity index is 646. The summed E-state index contributed by atoms with van der Waals surface area (Å²) >= 11 is 0. The second kappa shape index (κ2) is 5.73. The maximum atomic E-state index is 13.9. The molecule has 2 bridgehead atoms. The van der Waals surface area contributed by atoms with Gasteiger partial charge in [0.25, 0.3) is 0 Å². The lowest BCUT2D eigenvalue weighted by Gasteiger charge is -2.29. The molecule has 4 rings (SSSR count). The van der Waals surface area contributed by atoms with E-state index >= 15 is 0 Å². The first-order chi connectivity index (χ1) is 10.8. The fourth-order valence-electron chi connectivity index (χ4n) is 3.72. The molecule has 2 aliphatic heterocycles. The number of rotatable bonds is 3. The van der Waals surface area contributed by atoms with Gasteiger partial charge in [-0.05, 0) is 48.9 Å². The van der Waals surface area contributed by atoms with Crippen molar-refractivity contribution in [2.45, 2.75) is 43.9 Å². The summed E-state index contributed by atoms with van der Waals surface area (Å²) in [7, 11) is 0. The predicted octanol–water partition coefficient (Wildman–Crippen LogP) is 4.15. The van der Waals surface area contributed by atoms with Crippen molar-refractivity contribution in [3.8, 4) is 16.9 Å². The van der Waals surface area contributed by atoms with Crippen molar-refractivity contribution < 1.29 is 9.13 Å². The molecule has 2 aromatic carbocycles. The Hall–Kier alpha value is -1.87. The highest BCUT2D eigenvalue weighted by molar-refractivity contribution is 5.65. The van der Waals surface area contributed by atoms with Crippen molar-refractivity contribution >= 4 is 0 Å². The van der Waals surface area contributed by atoms with Crippen molar-refractivity contribution in [3.63, 3.8) is 0 Å². The zero-order valence-corrected chi connectivity index (χ0v) is 12.5. The minimum atomic E-state index is -0.242. The Balaban J connectivity index is 1.56. The molecule has 0 amide bonds. The molecule has 2 saturated heterocycles. The van der Waals surface area contributed by atoms with Crippen molar-refractivity contribution in [1.82, 2.24) is 5.32 Å². The molecular formula is C19H20FNO. The lowest BCUT2D eigenvalue weighted by atomic mass is 10.0. The van der Waals surface area contributed by atoms with Gasteiger partial charge in [-0.2, -0.15) is 0 Å². The Kier molecular flexibility index (Phi) is 3.59. The van der Waals surface area contributed by atoms with Crippen molar-refractivity contribution in [1.29, 1.82) is 0 Å². The molecule has 3 atom stereocenters. The lowest BCUT2D eigenvalue weighted by Crippen LogP contribution is -2.42. The summed E-state index contributed by atoms with van der Waals surface area (Å²) < 4.78 is 20.0. The molecule has 3 heteroatoms. The highest BCUT2D eigenvalue weighted by Gasteiger charge is 2.34. The first-order valence-corrected chi connectivity index (χ1v) is 8.05. The van der Waals surface area contributed by atoms with Gasteiger partial charge in [-0.3, -0.25) is 0 Å². The summed E-state index contributed by atoms with van der Waals surface area (Å²) in [5.41, 5.74) is 1.88. The minimum Gasteiger partial charge on any atom is -0.490 e. The van der Waals surface area contributed by atoms with Crippen LogP contribution in [0.2, 0.25) is 0 Å². The highest BCUT2D eigenvalue weighted by atomic mass is 19.1. The number of benzene rings is 2. The quantitative estimate of drug-likeness (QED) is 0.918. The molecule has 1 N–H and O–H groups in total. The van der Waals surface area contributed by atoms with Gasteiger partial charge in [0.1, 0.15) is 17.7 Å². The summed E-state index contributed by atoms with van der Waals surface area (Å²) in [6.45, 7) is 0. The van der Waals surface area contributed by atoms with Gasteiger partial charge in [0, 0.05) is 18.2 Å².